The van der Waals surface area contributed by atoms with Gasteiger partial charge in [0.2, 0.25) is 0 Å². The maximum absolute atomic E-state index is 9.27. The molecular weight excluding hydrogens is 222 g/mol. The summed E-state index contributed by atoms with van der Waals surface area (Å²) in [6.45, 7) is 1.91. The Bertz CT molecular complexity index is 511. The Hall–Kier alpha value is -1.38. The summed E-state index contributed by atoms with van der Waals surface area (Å²) in [4.78, 5) is 4.44. The van der Waals surface area contributed by atoms with Crippen LogP contribution in [-0.2, 0) is 6.61 Å². The summed E-state index contributed by atoms with van der Waals surface area (Å²) in [7, 11) is 0. The minimum Gasteiger partial charge on any atom is -0.392 e. The van der Waals surface area contributed by atoms with Crippen molar-refractivity contribution >= 4 is 11.6 Å². The van der Waals surface area contributed by atoms with E-state index in [-0.39, 0.29) is 6.61 Å². The van der Waals surface area contributed by atoms with Crippen LogP contribution in [0.4, 0.5) is 0 Å². The van der Waals surface area contributed by atoms with E-state index < -0.39 is 0 Å². The predicted molar refractivity (Wildman–Crippen MR) is 65.3 cm³/mol. The van der Waals surface area contributed by atoms with Gasteiger partial charge in [-0.3, -0.25) is 4.98 Å². The lowest BCUT2D eigenvalue weighted by atomic mass is 10.1. The van der Waals surface area contributed by atoms with Crippen molar-refractivity contribution < 1.29 is 5.11 Å². The largest absolute Gasteiger partial charge is 0.392 e. The van der Waals surface area contributed by atoms with Gasteiger partial charge in [-0.1, -0.05) is 29.8 Å². The van der Waals surface area contributed by atoms with Crippen LogP contribution in [0.5, 0.6) is 0 Å². The minimum absolute atomic E-state index is 0.0187. The quantitative estimate of drug-likeness (QED) is 0.864. The Labute approximate surface area is 99.5 Å². The lowest BCUT2D eigenvalue weighted by molar-refractivity contribution is 0.282. The number of aliphatic hydroxyl groups excluding tert-OH is 1. The second-order valence-corrected chi connectivity index (χ2v) is 4.07. The molecular formula is C13H12ClNO. The Morgan fingerprint density at radius 3 is 2.75 bits per heavy atom. The normalized spacial score (nSPS) is 10.4. The monoisotopic (exact) mass is 233 g/mol. The Morgan fingerprint density at radius 1 is 1.25 bits per heavy atom. The molecule has 0 spiro atoms. The molecule has 0 atom stereocenters. The van der Waals surface area contributed by atoms with Gasteiger partial charge in [0, 0.05) is 21.8 Å². The average Bonchev–Trinajstić information content (AvgIpc) is 2.29. The van der Waals surface area contributed by atoms with Crippen LogP contribution < -0.4 is 0 Å². The van der Waals surface area contributed by atoms with Crippen molar-refractivity contribution in [1.82, 2.24) is 4.98 Å². The van der Waals surface area contributed by atoms with Gasteiger partial charge in [0.25, 0.3) is 0 Å². The molecule has 1 N–H and O–H groups in total. The molecule has 0 aliphatic rings. The molecule has 2 rings (SSSR count). The molecule has 0 aliphatic heterocycles. The van der Waals surface area contributed by atoms with Crippen molar-refractivity contribution in [2.45, 2.75) is 13.5 Å². The summed E-state index contributed by atoms with van der Waals surface area (Å²) < 4.78 is 0. The number of halogens is 1. The minimum atomic E-state index is -0.0187. The van der Waals surface area contributed by atoms with Crippen LogP contribution in [0, 0.1) is 6.92 Å². The molecule has 16 heavy (non-hydrogen) atoms. The van der Waals surface area contributed by atoms with Gasteiger partial charge >= 0.3 is 0 Å². The summed E-state index contributed by atoms with van der Waals surface area (Å²) in [6.07, 6.45) is 0. The number of aromatic nitrogens is 1. The molecule has 0 bridgehead atoms. The highest BCUT2D eigenvalue weighted by atomic mass is 35.5. The Kier molecular flexibility index (Phi) is 3.22. The van der Waals surface area contributed by atoms with Crippen LogP contribution in [0.15, 0.2) is 36.4 Å². The van der Waals surface area contributed by atoms with E-state index in [1.807, 2.05) is 43.3 Å². The number of rotatable bonds is 2. The number of hydrogen-bond acceptors (Lipinski definition) is 2. The van der Waals surface area contributed by atoms with Crippen molar-refractivity contribution in [3.8, 4) is 11.3 Å². The van der Waals surface area contributed by atoms with E-state index in [2.05, 4.69) is 4.98 Å². The van der Waals surface area contributed by atoms with E-state index in [0.717, 1.165) is 22.5 Å². The molecule has 82 valence electrons. The van der Waals surface area contributed by atoms with Crippen LogP contribution in [0.3, 0.4) is 0 Å². The molecule has 0 saturated heterocycles. The third kappa shape index (κ3) is 2.23. The molecule has 0 radical (unpaired) electrons. The molecule has 1 heterocycles. The number of benzene rings is 1. The first-order valence-electron chi connectivity index (χ1n) is 5.04. The van der Waals surface area contributed by atoms with Gasteiger partial charge in [-0.15, -0.1) is 0 Å². The molecule has 0 amide bonds. The average molecular weight is 234 g/mol. The molecule has 0 aliphatic carbocycles. The second-order valence-electron chi connectivity index (χ2n) is 3.63. The summed E-state index contributed by atoms with van der Waals surface area (Å²) >= 11 is 5.94. The van der Waals surface area contributed by atoms with Crippen molar-refractivity contribution in [2.24, 2.45) is 0 Å². The number of hydrogen-bond donors (Lipinski definition) is 1. The fraction of sp³-hybridized carbons (Fsp3) is 0.154. The Balaban J connectivity index is 2.58. The zero-order valence-corrected chi connectivity index (χ0v) is 9.70. The topological polar surface area (TPSA) is 33.1 Å². The van der Waals surface area contributed by atoms with E-state index >= 15 is 0 Å². The number of nitrogens with zero attached hydrogens (tertiary/aromatic N) is 1. The van der Waals surface area contributed by atoms with E-state index in [1.54, 1.807) is 0 Å². The van der Waals surface area contributed by atoms with Crippen LogP contribution in [-0.4, -0.2) is 10.1 Å². The molecule has 2 nitrogen and oxygen atoms in total. The Morgan fingerprint density at radius 2 is 2.06 bits per heavy atom. The van der Waals surface area contributed by atoms with E-state index in [1.165, 1.54) is 0 Å². The summed E-state index contributed by atoms with van der Waals surface area (Å²) in [5, 5.41) is 9.94. The highest BCUT2D eigenvalue weighted by Gasteiger charge is 2.06. The van der Waals surface area contributed by atoms with Gasteiger partial charge in [-0.2, -0.15) is 0 Å². The first kappa shape index (κ1) is 11.1. The predicted octanol–water partition coefficient (Wildman–Crippen LogP) is 3.20. The number of pyridine rings is 1. The third-order valence-electron chi connectivity index (χ3n) is 2.39. The van der Waals surface area contributed by atoms with E-state index in [4.69, 9.17) is 11.6 Å². The van der Waals surface area contributed by atoms with E-state index in [9.17, 15) is 5.11 Å². The molecule has 0 fully saturated rings. The lowest BCUT2D eigenvalue weighted by Crippen LogP contribution is -1.94. The lowest BCUT2D eigenvalue weighted by Gasteiger charge is -2.07. The van der Waals surface area contributed by atoms with Gasteiger partial charge in [0.05, 0.1) is 12.3 Å². The van der Waals surface area contributed by atoms with Crippen molar-refractivity contribution in [1.29, 1.82) is 0 Å². The third-order valence-corrected chi connectivity index (χ3v) is 2.62. The van der Waals surface area contributed by atoms with Crippen LogP contribution in [0.1, 0.15) is 11.3 Å². The van der Waals surface area contributed by atoms with Gasteiger partial charge < -0.3 is 5.11 Å². The molecule has 1 aromatic carbocycles. The number of aryl methyl sites for hydroxylation is 1. The molecule has 0 saturated carbocycles. The summed E-state index contributed by atoms with van der Waals surface area (Å²) in [5.74, 6) is 0. The zero-order valence-electron chi connectivity index (χ0n) is 8.94. The van der Waals surface area contributed by atoms with Crippen molar-refractivity contribution in [3.05, 3.63) is 52.7 Å². The first-order valence-corrected chi connectivity index (χ1v) is 5.42. The molecule has 0 unspecified atom stereocenters. The second kappa shape index (κ2) is 4.64. The fourth-order valence-corrected chi connectivity index (χ4v) is 1.79. The standard InChI is InChI=1S/C13H12ClNO/c1-9-5-6-11(8-16)13(15-9)10-3-2-4-12(14)7-10/h2-7,16H,8H2,1H3. The first-order chi connectivity index (χ1) is 7.70. The van der Waals surface area contributed by atoms with Crippen LogP contribution in [0.25, 0.3) is 11.3 Å². The maximum Gasteiger partial charge on any atom is 0.0760 e. The highest BCUT2D eigenvalue weighted by Crippen LogP contribution is 2.24. The van der Waals surface area contributed by atoms with Crippen LogP contribution in [0.2, 0.25) is 5.02 Å². The van der Waals surface area contributed by atoms with Crippen LogP contribution >= 0.6 is 11.6 Å². The summed E-state index contributed by atoms with van der Waals surface area (Å²) in [5.41, 5.74) is 3.46. The smallest absolute Gasteiger partial charge is 0.0760 e. The molecule has 2 aromatic rings. The molecule has 3 heteroatoms. The zero-order chi connectivity index (χ0) is 11.5. The van der Waals surface area contributed by atoms with Crippen molar-refractivity contribution in [2.75, 3.05) is 0 Å². The van der Waals surface area contributed by atoms with Gasteiger partial charge in [0.1, 0.15) is 0 Å². The van der Waals surface area contributed by atoms with Crippen molar-refractivity contribution in [3.63, 3.8) is 0 Å². The fourth-order valence-electron chi connectivity index (χ4n) is 1.60. The van der Waals surface area contributed by atoms with Gasteiger partial charge in [-0.05, 0) is 25.1 Å². The summed E-state index contributed by atoms with van der Waals surface area (Å²) in [6, 6.07) is 11.3. The van der Waals surface area contributed by atoms with Gasteiger partial charge in [-0.25, -0.2) is 0 Å². The maximum atomic E-state index is 9.27. The highest BCUT2D eigenvalue weighted by molar-refractivity contribution is 6.30. The SMILES string of the molecule is Cc1ccc(CO)c(-c2cccc(Cl)c2)n1. The number of aliphatic hydroxyl groups is 1. The molecule has 1 aromatic heterocycles. The van der Waals surface area contributed by atoms with Gasteiger partial charge in [0.15, 0.2) is 0 Å². The van der Waals surface area contributed by atoms with E-state index in [0.29, 0.717) is 5.02 Å².